The summed E-state index contributed by atoms with van der Waals surface area (Å²) < 4.78 is 0.291. The number of aromatic nitrogens is 2. The normalized spacial score (nSPS) is 11.5. The molecule has 17 heavy (non-hydrogen) atoms. The Kier molecular flexibility index (Phi) is 5.33. The summed E-state index contributed by atoms with van der Waals surface area (Å²) in [6.07, 6.45) is 0. The van der Waals surface area contributed by atoms with E-state index in [-0.39, 0.29) is 5.91 Å². The lowest BCUT2D eigenvalue weighted by molar-refractivity contribution is 0.0936. The third-order valence-electron chi connectivity index (χ3n) is 2.81. The molecule has 0 spiro atoms. The zero-order valence-electron chi connectivity index (χ0n) is 10.5. The van der Waals surface area contributed by atoms with Crippen molar-refractivity contribution < 1.29 is 4.79 Å². The summed E-state index contributed by atoms with van der Waals surface area (Å²) >= 11 is 6.73. The molecule has 0 radical (unpaired) electrons. The lowest BCUT2D eigenvalue weighted by atomic mass is 9.85. The van der Waals surface area contributed by atoms with Gasteiger partial charge in [0.25, 0.3) is 5.91 Å². The van der Waals surface area contributed by atoms with Crippen LogP contribution in [0.25, 0.3) is 0 Å². The second kappa shape index (κ2) is 6.31. The molecule has 4 nitrogen and oxygen atoms in total. The van der Waals surface area contributed by atoms with Crippen molar-refractivity contribution in [2.75, 3.05) is 6.54 Å². The largest absolute Gasteiger partial charge is 0.350 e. The fraction of sp³-hybridized carbons (Fsp3) is 0.727. The van der Waals surface area contributed by atoms with Gasteiger partial charge in [-0.05, 0) is 29.4 Å². The predicted molar refractivity (Wildman–Crippen MR) is 70.4 cm³/mol. The van der Waals surface area contributed by atoms with E-state index in [4.69, 9.17) is 11.6 Å². The molecule has 1 rings (SSSR count). The van der Waals surface area contributed by atoms with Crippen LogP contribution in [0.3, 0.4) is 0 Å². The summed E-state index contributed by atoms with van der Waals surface area (Å²) in [7, 11) is 0. The summed E-state index contributed by atoms with van der Waals surface area (Å²) in [5, 5.41) is 10.5. The minimum absolute atomic E-state index is 0.194. The Morgan fingerprint density at radius 2 is 1.88 bits per heavy atom. The topological polar surface area (TPSA) is 54.9 Å². The monoisotopic (exact) mass is 275 g/mol. The van der Waals surface area contributed by atoms with Crippen molar-refractivity contribution in [2.24, 2.45) is 17.8 Å². The van der Waals surface area contributed by atoms with E-state index in [0.29, 0.717) is 33.8 Å². The van der Waals surface area contributed by atoms with Crippen LogP contribution >= 0.6 is 22.9 Å². The van der Waals surface area contributed by atoms with Gasteiger partial charge in [-0.25, -0.2) is 0 Å². The van der Waals surface area contributed by atoms with E-state index in [1.807, 2.05) is 0 Å². The fourth-order valence-electron chi connectivity index (χ4n) is 1.82. The summed E-state index contributed by atoms with van der Waals surface area (Å²) in [6.45, 7) is 9.32. The van der Waals surface area contributed by atoms with Gasteiger partial charge in [-0.3, -0.25) is 4.79 Å². The van der Waals surface area contributed by atoms with Gasteiger partial charge in [0, 0.05) is 6.54 Å². The maximum atomic E-state index is 11.7. The number of halogens is 1. The Morgan fingerprint density at radius 3 is 2.29 bits per heavy atom. The number of hydrogen-bond donors (Lipinski definition) is 1. The Bertz CT molecular complexity index is 371. The average Bonchev–Trinajstić information content (AvgIpc) is 2.63. The lowest BCUT2D eigenvalue weighted by Gasteiger charge is -2.24. The molecule has 0 saturated carbocycles. The Morgan fingerprint density at radius 1 is 1.29 bits per heavy atom. The minimum atomic E-state index is -0.194. The van der Waals surface area contributed by atoms with Crippen LogP contribution in [0.5, 0.6) is 0 Å². The van der Waals surface area contributed by atoms with Crippen LogP contribution in [-0.2, 0) is 0 Å². The molecule has 0 bridgehead atoms. The standard InChI is InChI=1S/C11H18ClN3OS/c1-6(2)8(7(3)4)5-13-9(16)10-14-15-11(12)17-10/h6-8H,5H2,1-4H3,(H,13,16). The number of carbonyl (C=O) groups excluding carboxylic acids is 1. The molecule has 6 heteroatoms. The zero-order valence-corrected chi connectivity index (χ0v) is 12.1. The molecule has 0 fully saturated rings. The molecule has 0 aliphatic heterocycles. The molecule has 96 valence electrons. The van der Waals surface area contributed by atoms with Crippen LogP contribution < -0.4 is 5.32 Å². The summed E-state index contributed by atoms with van der Waals surface area (Å²) in [5.74, 6) is 1.34. The molecule has 0 unspecified atom stereocenters. The van der Waals surface area contributed by atoms with Crippen LogP contribution in [0, 0.1) is 17.8 Å². The Balaban J connectivity index is 2.52. The first-order valence-electron chi connectivity index (χ1n) is 5.69. The number of nitrogens with zero attached hydrogens (tertiary/aromatic N) is 2. The van der Waals surface area contributed by atoms with Gasteiger partial charge in [-0.2, -0.15) is 0 Å². The first kappa shape index (κ1) is 14.4. The SMILES string of the molecule is CC(C)C(CNC(=O)c1nnc(Cl)s1)C(C)C. The molecular weight excluding hydrogens is 258 g/mol. The molecule has 0 aliphatic carbocycles. The molecule has 1 aromatic heterocycles. The molecule has 0 saturated heterocycles. The first-order valence-corrected chi connectivity index (χ1v) is 6.88. The molecule has 0 aromatic carbocycles. The van der Waals surface area contributed by atoms with Gasteiger partial charge in [0.05, 0.1) is 0 Å². The maximum absolute atomic E-state index is 11.7. The number of rotatable bonds is 5. The summed E-state index contributed by atoms with van der Waals surface area (Å²) in [6, 6.07) is 0. The molecule has 1 N–H and O–H groups in total. The highest BCUT2D eigenvalue weighted by atomic mass is 35.5. The molecular formula is C11H18ClN3OS. The van der Waals surface area contributed by atoms with E-state index in [1.165, 1.54) is 0 Å². The number of carbonyl (C=O) groups is 1. The van der Waals surface area contributed by atoms with Gasteiger partial charge in [-0.15, -0.1) is 10.2 Å². The van der Waals surface area contributed by atoms with Crippen molar-refractivity contribution in [3.8, 4) is 0 Å². The van der Waals surface area contributed by atoms with Crippen LogP contribution in [0.15, 0.2) is 0 Å². The van der Waals surface area contributed by atoms with Crippen LogP contribution in [0.4, 0.5) is 0 Å². The summed E-state index contributed by atoms with van der Waals surface area (Å²) in [4.78, 5) is 11.7. The lowest BCUT2D eigenvalue weighted by Crippen LogP contribution is -2.33. The van der Waals surface area contributed by atoms with Crippen LogP contribution in [0.2, 0.25) is 4.47 Å². The smallest absolute Gasteiger partial charge is 0.282 e. The molecule has 1 heterocycles. The second-order valence-electron chi connectivity index (χ2n) is 4.72. The highest BCUT2D eigenvalue weighted by Gasteiger charge is 2.19. The molecule has 1 amide bonds. The van der Waals surface area contributed by atoms with Gasteiger partial charge in [0.2, 0.25) is 9.47 Å². The molecule has 0 atom stereocenters. The Labute approximate surface area is 111 Å². The van der Waals surface area contributed by atoms with Gasteiger partial charge in [-0.1, -0.05) is 39.0 Å². The highest BCUT2D eigenvalue weighted by Crippen LogP contribution is 2.20. The number of amides is 1. The minimum Gasteiger partial charge on any atom is -0.350 e. The fourth-order valence-corrected chi connectivity index (χ4v) is 2.57. The predicted octanol–water partition coefficient (Wildman–Crippen LogP) is 2.85. The molecule has 0 aliphatic rings. The van der Waals surface area contributed by atoms with Gasteiger partial charge in [0.1, 0.15) is 0 Å². The van der Waals surface area contributed by atoms with Gasteiger partial charge in [0.15, 0.2) is 0 Å². The van der Waals surface area contributed by atoms with Crippen molar-refractivity contribution in [3.05, 3.63) is 9.47 Å². The second-order valence-corrected chi connectivity index (χ2v) is 6.28. The third-order valence-corrected chi connectivity index (χ3v) is 3.82. The Hall–Kier alpha value is -0.680. The maximum Gasteiger partial charge on any atom is 0.282 e. The average molecular weight is 276 g/mol. The highest BCUT2D eigenvalue weighted by molar-refractivity contribution is 7.17. The van der Waals surface area contributed by atoms with E-state index < -0.39 is 0 Å². The van der Waals surface area contributed by atoms with Crippen molar-refractivity contribution in [1.29, 1.82) is 0 Å². The first-order chi connectivity index (χ1) is 7.91. The van der Waals surface area contributed by atoms with Crippen molar-refractivity contribution in [2.45, 2.75) is 27.7 Å². The van der Waals surface area contributed by atoms with Crippen molar-refractivity contribution >= 4 is 28.8 Å². The van der Waals surface area contributed by atoms with E-state index in [0.717, 1.165) is 11.3 Å². The van der Waals surface area contributed by atoms with E-state index in [2.05, 4.69) is 43.2 Å². The van der Waals surface area contributed by atoms with Crippen molar-refractivity contribution in [3.63, 3.8) is 0 Å². The van der Waals surface area contributed by atoms with E-state index >= 15 is 0 Å². The third kappa shape index (κ3) is 4.24. The van der Waals surface area contributed by atoms with E-state index in [1.54, 1.807) is 0 Å². The number of hydrogen-bond acceptors (Lipinski definition) is 4. The van der Waals surface area contributed by atoms with Gasteiger partial charge < -0.3 is 5.32 Å². The van der Waals surface area contributed by atoms with Crippen LogP contribution in [0.1, 0.15) is 37.5 Å². The quantitative estimate of drug-likeness (QED) is 0.899. The van der Waals surface area contributed by atoms with Crippen LogP contribution in [-0.4, -0.2) is 22.6 Å². The zero-order chi connectivity index (χ0) is 13.0. The number of nitrogens with one attached hydrogen (secondary N) is 1. The van der Waals surface area contributed by atoms with Crippen molar-refractivity contribution in [1.82, 2.24) is 15.5 Å². The van der Waals surface area contributed by atoms with E-state index in [9.17, 15) is 4.79 Å². The van der Waals surface area contributed by atoms with Gasteiger partial charge >= 0.3 is 0 Å². The molecule has 1 aromatic rings. The summed E-state index contributed by atoms with van der Waals surface area (Å²) in [5.41, 5.74) is 0.